The van der Waals surface area contributed by atoms with Crippen molar-refractivity contribution >= 4 is 29.1 Å². The van der Waals surface area contributed by atoms with Gasteiger partial charge < -0.3 is 5.32 Å². The van der Waals surface area contributed by atoms with E-state index in [1.807, 2.05) is 18.2 Å². The third-order valence-electron chi connectivity index (χ3n) is 3.43. The van der Waals surface area contributed by atoms with Gasteiger partial charge in [0.05, 0.1) is 12.2 Å². The number of amides is 1. The molecular formula is C16H21NO2S. The van der Waals surface area contributed by atoms with Gasteiger partial charge in [-0.05, 0) is 35.9 Å². The third kappa shape index (κ3) is 4.10. The Hall–Kier alpha value is -1.29. The number of carbonyl (C=O) groups is 2. The molecule has 108 valence electrons. The molecule has 0 unspecified atom stereocenters. The van der Waals surface area contributed by atoms with Crippen molar-refractivity contribution in [3.8, 4) is 0 Å². The summed E-state index contributed by atoms with van der Waals surface area (Å²) in [6.07, 6.45) is 5.35. The van der Waals surface area contributed by atoms with Crippen LogP contribution in [-0.4, -0.2) is 23.2 Å². The molecule has 0 saturated heterocycles. The number of rotatable bonds is 8. The van der Waals surface area contributed by atoms with Crippen molar-refractivity contribution in [2.45, 2.75) is 39.0 Å². The molecule has 1 aromatic carbocycles. The first-order chi connectivity index (χ1) is 9.70. The molecule has 1 amide bonds. The Labute approximate surface area is 124 Å². The van der Waals surface area contributed by atoms with Crippen LogP contribution in [0, 0.1) is 0 Å². The van der Waals surface area contributed by atoms with Crippen molar-refractivity contribution < 1.29 is 9.59 Å². The van der Waals surface area contributed by atoms with Gasteiger partial charge in [0.25, 0.3) is 0 Å². The quantitative estimate of drug-likeness (QED) is 0.587. The van der Waals surface area contributed by atoms with Crippen molar-refractivity contribution in [3.63, 3.8) is 0 Å². The highest BCUT2D eigenvalue weighted by atomic mass is 32.2. The Morgan fingerprint density at radius 1 is 1.30 bits per heavy atom. The molecule has 1 aliphatic heterocycles. The maximum Gasteiger partial charge on any atom is 0.228 e. The molecule has 1 aromatic rings. The Kier molecular flexibility index (Phi) is 5.65. The van der Waals surface area contributed by atoms with Crippen molar-refractivity contribution in [2.24, 2.45) is 0 Å². The summed E-state index contributed by atoms with van der Waals surface area (Å²) in [6.45, 7) is 2.20. The second-order valence-electron chi connectivity index (χ2n) is 5.13. The summed E-state index contributed by atoms with van der Waals surface area (Å²) in [7, 11) is 0. The summed E-state index contributed by atoms with van der Waals surface area (Å²) in [4.78, 5) is 23.4. The van der Waals surface area contributed by atoms with E-state index < -0.39 is 0 Å². The van der Waals surface area contributed by atoms with Gasteiger partial charge in [-0.2, -0.15) is 11.8 Å². The Balaban J connectivity index is 1.79. The zero-order valence-corrected chi connectivity index (χ0v) is 12.7. The zero-order chi connectivity index (χ0) is 14.4. The second kappa shape index (κ2) is 7.48. The number of Topliss-reactive ketones (excluding diaryl/α,β-unsaturated/α-hetero) is 1. The first-order valence-electron chi connectivity index (χ1n) is 7.24. The molecule has 0 saturated carbocycles. The lowest BCUT2D eigenvalue weighted by Gasteiger charge is -2.04. The summed E-state index contributed by atoms with van der Waals surface area (Å²) in [5, 5.41) is 2.78. The zero-order valence-electron chi connectivity index (χ0n) is 11.9. The predicted molar refractivity (Wildman–Crippen MR) is 84.6 cm³/mol. The number of hydrogen-bond donors (Lipinski definition) is 1. The van der Waals surface area contributed by atoms with Gasteiger partial charge in [-0.1, -0.05) is 26.2 Å². The van der Waals surface area contributed by atoms with Crippen LogP contribution in [0.25, 0.3) is 0 Å². The van der Waals surface area contributed by atoms with E-state index in [0.29, 0.717) is 12.2 Å². The number of thioether (sulfide) groups is 1. The molecule has 1 heterocycles. The topological polar surface area (TPSA) is 46.2 Å². The standard InChI is InChI=1S/C16H21NO2S/c1-2-3-4-5-8-20-11-15(18)12-6-7-14-13(9-12)10-16(19)17-14/h6-7,9H,2-5,8,10-11H2,1H3,(H,17,19). The van der Waals surface area contributed by atoms with Gasteiger partial charge >= 0.3 is 0 Å². The van der Waals surface area contributed by atoms with Crippen LogP contribution in [0.1, 0.15) is 48.5 Å². The van der Waals surface area contributed by atoms with Crippen LogP contribution in [0.4, 0.5) is 5.69 Å². The van der Waals surface area contributed by atoms with Gasteiger partial charge in [0.15, 0.2) is 5.78 Å². The molecule has 1 aliphatic rings. The maximum absolute atomic E-state index is 12.1. The first-order valence-corrected chi connectivity index (χ1v) is 8.40. The van der Waals surface area contributed by atoms with Crippen LogP contribution in [-0.2, 0) is 11.2 Å². The first kappa shape index (κ1) is 15.1. The average Bonchev–Trinajstić information content (AvgIpc) is 2.81. The van der Waals surface area contributed by atoms with Crippen LogP contribution in [0.15, 0.2) is 18.2 Å². The Morgan fingerprint density at radius 2 is 2.15 bits per heavy atom. The van der Waals surface area contributed by atoms with Crippen LogP contribution in [0.2, 0.25) is 0 Å². The molecule has 0 aromatic heterocycles. The Bertz CT molecular complexity index is 499. The van der Waals surface area contributed by atoms with Crippen molar-refractivity contribution in [2.75, 3.05) is 16.8 Å². The number of anilines is 1. The lowest BCUT2D eigenvalue weighted by molar-refractivity contribution is -0.115. The number of carbonyl (C=O) groups excluding carboxylic acids is 2. The molecule has 0 radical (unpaired) electrons. The molecule has 0 fully saturated rings. The largest absolute Gasteiger partial charge is 0.326 e. The highest BCUT2D eigenvalue weighted by Crippen LogP contribution is 2.24. The SMILES string of the molecule is CCCCCCSCC(=O)c1ccc2c(c1)CC(=O)N2. The van der Waals surface area contributed by atoms with Crippen LogP contribution in [0.3, 0.4) is 0 Å². The molecule has 0 atom stereocenters. The van der Waals surface area contributed by atoms with Gasteiger partial charge in [0.1, 0.15) is 0 Å². The fraction of sp³-hybridized carbons (Fsp3) is 0.500. The molecule has 1 N–H and O–H groups in total. The monoisotopic (exact) mass is 291 g/mol. The number of fused-ring (bicyclic) bond motifs is 1. The third-order valence-corrected chi connectivity index (χ3v) is 4.47. The number of hydrogen-bond acceptors (Lipinski definition) is 3. The van der Waals surface area contributed by atoms with E-state index in [0.717, 1.165) is 22.6 Å². The van der Waals surface area contributed by atoms with E-state index in [9.17, 15) is 9.59 Å². The summed E-state index contributed by atoms with van der Waals surface area (Å²) in [5.41, 5.74) is 2.51. The lowest BCUT2D eigenvalue weighted by Crippen LogP contribution is -2.03. The van der Waals surface area contributed by atoms with Gasteiger partial charge in [-0.3, -0.25) is 9.59 Å². The molecule has 0 aliphatic carbocycles. The summed E-state index contributed by atoms with van der Waals surface area (Å²) < 4.78 is 0. The van der Waals surface area contributed by atoms with Gasteiger partial charge in [0.2, 0.25) is 5.91 Å². The van der Waals surface area contributed by atoms with E-state index in [1.165, 1.54) is 25.7 Å². The molecule has 20 heavy (non-hydrogen) atoms. The average molecular weight is 291 g/mol. The Morgan fingerprint density at radius 3 is 2.95 bits per heavy atom. The second-order valence-corrected chi connectivity index (χ2v) is 6.24. The van der Waals surface area contributed by atoms with Gasteiger partial charge in [-0.25, -0.2) is 0 Å². The molecule has 4 heteroatoms. The van der Waals surface area contributed by atoms with Gasteiger partial charge in [-0.15, -0.1) is 0 Å². The van der Waals surface area contributed by atoms with E-state index in [2.05, 4.69) is 12.2 Å². The highest BCUT2D eigenvalue weighted by Gasteiger charge is 2.18. The lowest BCUT2D eigenvalue weighted by atomic mass is 10.1. The van der Waals surface area contributed by atoms with Crippen molar-refractivity contribution in [1.29, 1.82) is 0 Å². The summed E-state index contributed by atoms with van der Waals surface area (Å²) >= 11 is 1.71. The molecule has 0 spiro atoms. The number of ketones is 1. The van der Waals surface area contributed by atoms with E-state index in [4.69, 9.17) is 0 Å². The minimum atomic E-state index is 0.00916. The van der Waals surface area contributed by atoms with Gasteiger partial charge in [0, 0.05) is 11.3 Å². The van der Waals surface area contributed by atoms with E-state index in [1.54, 1.807) is 11.8 Å². The molecule has 0 bridgehead atoms. The predicted octanol–water partition coefficient (Wildman–Crippen LogP) is 3.68. The minimum Gasteiger partial charge on any atom is -0.326 e. The fourth-order valence-corrected chi connectivity index (χ4v) is 3.19. The minimum absolute atomic E-state index is 0.00916. The van der Waals surface area contributed by atoms with E-state index >= 15 is 0 Å². The van der Waals surface area contributed by atoms with Crippen molar-refractivity contribution in [3.05, 3.63) is 29.3 Å². The maximum atomic E-state index is 12.1. The van der Waals surface area contributed by atoms with Crippen LogP contribution >= 0.6 is 11.8 Å². The molecule has 2 rings (SSSR count). The van der Waals surface area contributed by atoms with Crippen LogP contribution < -0.4 is 5.32 Å². The molecular weight excluding hydrogens is 270 g/mol. The number of nitrogens with one attached hydrogen (secondary N) is 1. The smallest absolute Gasteiger partial charge is 0.228 e. The normalized spacial score (nSPS) is 13.2. The fourth-order valence-electron chi connectivity index (χ4n) is 2.28. The van der Waals surface area contributed by atoms with Crippen LogP contribution in [0.5, 0.6) is 0 Å². The summed E-state index contributed by atoms with van der Waals surface area (Å²) in [5.74, 6) is 1.76. The molecule has 3 nitrogen and oxygen atoms in total. The highest BCUT2D eigenvalue weighted by molar-refractivity contribution is 7.99. The summed E-state index contributed by atoms with van der Waals surface area (Å²) in [6, 6.07) is 5.50. The van der Waals surface area contributed by atoms with Crippen molar-refractivity contribution in [1.82, 2.24) is 0 Å². The number of unbranched alkanes of at least 4 members (excludes halogenated alkanes) is 3. The number of benzene rings is 1. The van der Waals surface area contributed by atoms with E-state index in [-0.39, 0.29) is 11.7 Å².